The van der Waals surface area contributed by atoms with Crippen molar-refractivity contribution in [2.24, 2.45) is 0 Å². The Kier molecular flexibility index (Phi) is 5.08. The van der Waals surface area contributed by atoms with Crippen LogP contribution in [0.2, 0.25) is 0 Å². The van der Waals surface area contributed by atoms with E-state index in [1.165, 1.54) is 13.2 Å². The number of rotatable bonds is 4. The first-order valence-electron chi connectivity index (χ1n) is 4.51. The highest BCUT2D eigenvalue weighted by atomic mass is 127. The topological polar surface area (TPSA) is 12.9 Å². The first-order valence-corrected chi connectivity index (χ1v) is 9.86. The van der Waals surface area contributed by atoms with Crippen molar-refractivity contribution in [3.63, 3.8) is 0 Å². The summed E-state index contributed by atoms with van der Waals surface area (Å²) in [5, 5.41) is 3.70. The smallest absolute Gasteiger partial charge is 0.244 e. The highest BCUT2D eigenvalue weighted by Crippen LogP contribution is 2.31. The second-order valence-corrected chi connectivity index (χ2v) is 9.00. The summed E-state index contributed by atoms with van der Waals surface area (Å²) in [7, 11) is 0. The molecule has 2 aromatic rings. The van der Waals surface area contributed by atoms with Gasteiger partial charge in [-0.15, -0.1) is 22.7 Å². The van der Waals surface area contributed by atoms with Gasteiger partial charge in [0.05, 0.1) is 7.76 Å². The van der Waals surface area contributed by atoms with Crippen LogP contribution >= 0.6 is 68.5 Å². The highest BCUT2D eigenvalue weighted by Gasteiger charge is 2.22. The molecule has 0 saturated carbocycles. The fourth-order valence-corrected chi connectivity index (χ4v) is 5.88. The molecule has 0 aliphatic heterocycles. The third-order valence-electron chi connectivity index (χ3n) is 2.04. The molecule has 2 rings (SSSR count). The molecule has 0 fully saturated rings. The van der Waals surface area contributed by atoms with E-state index in [1.54, 1.807) is 11.3 Å². The van der Waals surface area contributed by atoms with Crippen molar-refractivity contribution < 1.29 is 0 Å². The highest BCUT2D eigenvalue weighted by molar-refractivity contribution is 14.1. The van der Waals surface area contributed by atoms with E-state index in [0.717, 1.165) is 5.01 Å². The lowest BCUT2D eigenvalue weighted by Crippen LogP contribution is -2.23. The maximum absolute atomic E-state index is 4.42. The molecule has 0 radical (unpaired) electrons. The lowest BCUT2D eigenvalue weighted by molar-refractivity contribution is 1.43. The minimum Gasteiger partial charge on any atom is -0.244 e. The van der Waals surface area contributed by atoms with Crippen LogP contribution in [0.25, 0.3) is 9.88 Å². The van der Waals surface area contributed by atoms with Gasteiger partial charge in [-0.05, 0) is 46.6 Å². The van der Waals surface area contributed by atoms with Crippen LogP contribution in [-0.2, 0) is 0 Å². The maximum Gasteiger partial charge on any atom is 0.308 e. The second kappa shape index (κ2) is 6.13. The van der Waals surface area contributed by atoms with Gasteiger partial charge in [0.1, 0.15) is 5.01 Å². The van der Waals surface area contributed by atoms with Crippen molar-refractivity contribution in [2.45, 2.75) is 0 Å². The third kappa shape index (κ3) is 2.80. The van der Waals surface area contributed by atoms with Crippen molar-refractivity contribution in [2.75, 3.05) is 12.5 Å². The average Bonchev–Trinajstić information content (AvgIpc) is 2.89. The molecule has 0 N–H and O–H groups in total. The zero-order valence-corrected chi connectivity index (χ0v) is 14.2. The summed E-state index contributed by atoms with van der Waals surface area (Å²) in [6.07, 6.45) is 6.21. The summed E-state index contributed by atoms with van der Waals surface area (Å²) in [6.45, 7) is 0. The Morgan fingerprint density at radius 3 is 2.69 bits per heavy atom. The van der Waals surface area contributed by atoms with Gasteiger partial charge in [0.15, 0.2) is 0 Å². The summed E-state index contributed by atoms with van der Waals surface area (Å²) in [4.78, 5) is 5.76. The summed E-state index contributed by atoms with van der Waals surface area (Å²) in [5.74, 6) is 0. The molecule has 2 heterocycles. The van der Waals surface area contributed by atoms with Crippen LogP contribution < -0.4 is 5.46 Å². The molecule has 0 bridgehead atoms. The number of halogens is 1. The molecule has 84 valence electrons. The van der Waals surface area contributed by atoms with Gasteiger partial charge in [-0.3, -0.25) is 0 Å². The zero-order chi connectivity index (χ0) is 11.5. The number of hydrogen-bond donors (Lipinski definition) is 0. The number of thiazole rings is 1. The SMILES string of the molecule is CSB(SC)c1cc(I)sc1-c1nccs1. The molecule has 0 spiro atoms. The molecular weight excluding hydrogens is 388 g/mol. The molecule has 7 heteroatoms. The monoisotopic (exact) mass is 397 g/mol. The number of thiophene rings is 1. The van der Waals surface area contributed by atoms with Gasteiger partial charge >= 0.3 is 5.27 Å². The maximum atomic E-state index is 4.42. The Labute approximate surface area is 126 Å². The number of aromatic nitrogens is 1. The van der Waals surface area contributed by atoms with E-state index in [9.17, 15) is 0 Å². The molecule has 0 aliphatic carbocycles. The Hall–Kier alpha value is 0.825. The summed E-state index contributed by atoms with van der Waals surface area (Å²) < 4.78 is 1.34. The molecule has 0 aliphatic rings. The Bertz CT molecular complexity index is 452. The van der Waals surface area contributed by atoms with Crippen molar-refractivity contribution in [1.29, 1.82) is 0 Å². The second-order valence-electron chi connectivity index (χ2n) is 2.98. The van der Waals surface area contributed by atoms with Gasteiger partial charge in [0.2, 0.25) is 0 Å². The molecule has 16 heavy (non-hydrogen) atoms. The molecule has 2 aromatic heterocycles. The zero-order valence-electron chi connectivity index (χ0n) is 8.77. The van der Waals surface area contributed by atoms with E-state index in [1.807, 2.05) is 46.1 Å². The van der Waals surface area contributed by atoms with Crippen LogP contribution in [-0.4, -0.2) is 22.8 Å². The molecule has 0 aromatic carbocycles. The van der Waals surface area contributed by atoms with E-state index in [-0.39, 0.29) is 0 Å². The Morgan fingerprint density at radius 1 is 1.38 bits per heavy atom. The van der Waals surface area contributed by atoms with Crippen LogP contribution in [0.15, 0.2) is 17.6 Å². The Balaban J connectivity index is 2.45. The molecule has 0 atom stereocenters. The molecule has 0 unspecified atom stereocenters. The van der Waals surface area contributed by atoms with Gasteiger partial charge in [-0.25, -0.2) is 4.98 Å². The Morgan fingerprint density at radius 2 is 2.12 bits per heavy atom. The van der Waals surface area contributed by atoms with E-state index in [2.05, 4.69) is 46.2 Å². The molecule has 0 amide bonds. The third-order valence-corrected chi connectivity index (χ3v) is 7.40. The van der Waals surface area contributed by atoms with Gasteiger partial charge in [-0.1, -0.05) is 0 Å². The van der Waals surface area contributed by atoms with Gasteiger partial charge in [-0.2, -0.15) is 23.2 Å². The molecular formula is C9H9BINS4. The quantitative estimate of drug-likeness (QED) is 0.574. The van der Waals surface area contributed by atoms with Crippen LogP contribution in [0.5, 0.6) is 0 Å². The standard InChI is InChI=1S/C9H9BINS4/c1-13-10(14-2)6-5-7(11)16-8(6)9-12-3-4-15-9/h3-5H,1-2H3. The fraction of sp³-hybridized carbons (Fsp3) is 0.222. The van der Waals surface area contributed by atoms with Crippen molar-refractivity contribution in [3.05, 3.63) is 20.5 Å². The van der Waals surface area contributed by atoms with Crippen LogP contribution in [0.1, 0.15) is 0 Å². The average molecular weight is 397 g/mol. The normalized spacial score (nSPS) is 10.7. The van der Waals surface area contributed by atoms with Crippen LogP contribution in [0.3, 0.4) is 0 Å². The largest absolute Gasteiger partial charge is 0.308 e. The summed E-state index contributed by atoms with van der Waals surface area (Å²) in [5.41, 5.74) is 1.42. The van der Waals surface area contributed by atoms with E-state index < -0.39 is 0 Å². The number of hydrogen-bond acceptors (Lipinski definition) is 5. The summed E-state index contributed by atoms with van der Waals surface area (Å²) >= 11 is 9.73. The van der Waals surface area contributed by atoms with Crippen molar-refractivity contribution in [3.8, 4) is 9.88 Å². The van der Waals surface area contributed by atoms with E-state index in [0.29, 0.717) is 5.27 Å². The predicted molar refractivity (Wildman–Crippen MR) is 90.6 cm³/mol. The first-order chi connectivity index (χ1) is 7.76. The van der Waals surface area contributed by atoms with Crippen LogP contribution in [0, 0.1) is 2.88 Å². The summed E-state index contributed by atoms with van der Waals surface area (Å²) in [6, 6.07) is 2.29. The van der Waals surface area contributed by atoms with E-state index in [4.69, 9.17) is 0 Å². The van der Waals surface area contributed by atoms with Gasteiger partial charge in [0.25, 0.3) is 0 Å². The van der Waals surface area contributed by atoms with Gasteiger partial charge in [0, 0.05) is 11.6 Å². The lowest BCUT2D eigenvalue weighted by atomic mass is 9.93. The van der Waals surface area contributed by atoms with E-state index >= 15 is 0 Å². The van der Waals surface area contributed by atoms with Crippen molar-refractivity contribution in [1.82, 2.24) is 4.98 Å². The van der Waals surface area contributed by atoms with Gasteiger partial charge < -0.3 is 0 Å². The van der Waals surface area contributed by atoms with Crippen LogP contribution in [0.4, 0.5) is 0 Å². The molecule has 1 nitrogen and oxygen atoms in total. The minimum atomic E-state index is 0.513. The predicted octanol–water partition coefficient (Wildman–Crippen LogP) is 3.90. The lowest BCUT2D eigenvalue weighted by Gasteiger charge is -2.07. The fourth-order valence-electron chi connectivity index (χ4n) is 1.40. The first kappa shape index (κ1) is 13.3. The minimum absolute atomic E-state index is 0.513. The number of nitrogens with zero attached hydrogens (tertiary/aromatic N) is 1. The molecule has 0 saturated heterocycles. The van der Waals surface area contributed by atoms with Crippen molar-refractivity contribution >= 4 is 79.2 Å².